The molecule has 0 aromatic heterocycles. The molecule has 4 atom stereocenters. The average molecular weight is 620 g/mol. The first kappa shape index (κ1) is 33.8. The zero-order valence-electron chi connectivity index (χ0n) is 25.6. The molecule has 44 heavy (non-hydrogen) atoms. The highest BCUT2D eigenvalue weighted by atomic mass is 17.0. The van der Waals surface area contributed by atoms with Gasteiger partial charge >= 0.3 is 0 Å². The summed E-state index contributed by atoms with van der Waals surface area (Å²) in [5.74, 6) is 0.712. The number of hydrogen-bond acceptors (Lipinski definition) is 12. The van der Waals surface area contributed by atoms with Crippen LogP contribution in [0.4, 0.5) is 5.69 Å². The fraction of sp³-hybridized carbons (Fsp3) is 0.613. The summed E-state index contributed by atoms with van der Waals surface area (Å²) in [5.41, 5.74) is 4.15. The molecule has 0 amide bonds. The van der Waals surface area contributed by atoms with Gasteiger partial charge in [-0.15, -0.1) is 10.1 Å². The molecule has 0 saturated carbocycles. The van der Waals surface area contributed by atoms with Crippen LogP contribution in [-0.2, 0) is 41.7 Å². The Labute approximate surface area is 258 Å². The van der Waals surface area contributed by atoms with Crippen molar-refractivity contribution in [1.29, 1.82) is 0 Å². The summed E-state index contributed by atoms with van der Waals surface area (Å²) in [7, 11) is 3.35. The number of nitrogens with one attached hydrogen (secondary N) is 1. The molecular weight excluding hydrogens is 574 g/mol. The number of fused-ring (bicyclic) bond motifs is 1. The lowest BCUT2D eigenvalue weighted by atomic mass is 9.85. The van der Waals surface area contributed by atoms with E-state index in [4.69, 9.17) is 28.4 Å². The number of ether oxygens (including phenoxy) is 6. The van der Waals surface area contributed by atoms with E-state index in [-0.39, 0.29) is 24.7 Å². The Morgan fingerprint density at radius 2 is 1.75 bits per heavy atom. The lowest BCUT2D eigenvalue weighted by molar-refractivity contribution is -0.759. The van der Waals surface area contributed by atoms with Gasteiger partial charge in [0.15, 0.2) is 0 Å². The van der Waals surface area contributed by atoms with Gasteiger partial charge in [-0.3, -0.25) is 0 Å². The van der Waals surface area contributed by atoms with Gasteiger partial charge in [-0.2, -0.15) is 0 Å². The molecule has 2 aromatic rings. The molecule has 0 radical (unpaired) electrons. The summed E-state index contributed by atoms with van der Waals surface area (Å²) in [5, 5.41) is 23.2. The van der Waals surface area contributed by atoms with Crippen molar-refractivity contribution in [3.63, 3.8) is 0 Å². The van der Waals surface area contributed by atoms with Crippen molar-refractivity contribution in [3.05, 3.63) is 69.3 Å². The quantitative estimate of drug-likeness (QED) is 0.135. The molecule has 13 nitrogen and oxygen atoms in total. The van der Waals surface area contributed by atoms with Crippen LogP contribution in [0.3, 0.4) is 0 Å². The highest BCUT2D eigenvalue weighted by molar-refractivity contribution is 5.61. The first-order valence-electron chi connectivity index (χ1n) is 15.0. The van der Waals surface area contributed by atoms with Crippen LogP contribution in [0.1, 0.15) is 29.0 Å². The lowest BCUT2D eigenvalue weighted by Gasteiger charge is -2.39. The molecule has 2 N–H and O–H groups in total. The zero-order valence-corrected chi connectivity index (χ0v) is 25.6. The van der Waals surface area contributed by atoms with Gasteiger partial charge in [-0.25, -0.2) is 0 Å². The molecule has 2 aliphatic heterocycles. The van der Waals surface area contributed by atoms with Gasteiger partial charge < -0.3 is 48.6 Å². The number of aliphatic hydroxyl groups is 1. The Balaban J connectivity index is 1.46. The fourth-order valence-corrected chi connectivity index (χ4v) is 5.46. The summed E-state index contributed by atoms with van der Waals surface area (Å²) in [6.07, 6.45) is -0.803. The number of anilines is 1. The van der Waals surface area contributed by atoms with E-state index in [0.717, 1.165) is 47.6 Å². The molecule has 2 heterocycles. The van der Waals surface area contributed by atoms with Crippen LogP contribution in [-0.4, -0.2) is 109 Å². The highest BCUT2D eigenvalue weighted by Crippen LogP contribution is 2.34. The van der Waals surface area contributed by atoms with E-state index in [1.807, 2.05) is 24.3 Å². The minimum Gasteiger partial charge on any atom is -0.490 e. The van der Waals surface area contributed by atoms with Crippen molar-refractivity contribution in [2.75, 3.05) is 84.9 Å². The normalized spacial score (nSPS) is 20.5. The molecule has 0 bridgehead atoms. The third-order valence-corrected chi connectivity index (χ3v) is 7.66. The number of hydrogen-bond donors (Lipinski definition) is 2. The van der Waals surface area contributed by atoms with Gasteiger partial charge in [-0.05, 0) is 35.2 Å². The van der Waals surface area contributed by atoms with Gasteiger partial charge in [0, 0.05) is 46.4 Å². The Morgan fingerprint density at radius 1 is 1.00 bits per heavy atom. The molecular formula is C31H45N3O10. The topological polar surface area (TPSA) is 143 Å². The second kappa shape index (κ2) is 18.1. The van der Waals surface area contributed by atoms with Crippen LogP contribution in [0, 0.1) is 10.1 Å². The molecule has 2 aliphatic rings. The van der Waals surface area contributed by atoms with Crippen molar-refractivity contribution < 1.29 is 43.5 Å². The monoisotopic (exact) mass is 619 g/mol. The standard InChI is InChI=1S/C31H45N3O10/c1-38-12-3-10-33-11-13-41-28-9-6-24(16-27(28)33)20-42-29-17-32-18-30(43-21-26(35)22-44-34(36)37)31(29)25-7-4-23(5-8-25)19-40-15-14-39-2/h4-9,16,26,29-32,35H,3,10-15,17-22H2,1-2H3/t26-,29-,30+,31+/m0/s1. The van der Waals surface area contributed by atoms with Crippen molar-refractivity contribution in [3.8, 4) is 5.75 Å². The predicted octanol–water partition coefficient (Wildman–Crippen LogP) is 2.31. The third kappa shape index (κ3) is 10.3. The van der Waals surface area contributed by atoms with Crippen molar-refractivity contribution in [2.45, 2.75) is 43.9 Å². The van der Waals surface area contributed by atoms with Crippen LogP contribution in [0.5, 0.6) is 5.75 Å². The Bertz CT molecular complexity index is 1140. The number of piperidine rings is 1. The number of nitrogens with zero attached hydrogens (tertiary/aromatic N) is 2. The number of rotatable bonds is 19. The van der Waals surface area contributed by atoms with Crippen LogP contribution in [0.25, 0.3) is 0 Å². The lowest BCUT2D eigenvalue weighted by Crippen LogP contribution is -2.51. The van der Waals surface area contributed by atoms with E-state index < -0.39 is 17.8 Å². The number of methoxy groups -OCH3 is 2. The molecule has 1 fully saturated rings. The minimum absolute atomic E-state index is 0.113. The third-order valence-electron chi connectivity index (χ3n) is 7.66. The Hall–Kier alpha value is -3.04. The van der Waals surface area contributed by atoms with Gasteiger partial charge in [-0.1, -0.05) is 30.3 Å². The SMILES string of the molecule is COCCCN1CCOc2ccc(CO[C@H]3CNC[C@@H](OC[C@H](O)CO[N+](=O)[O-])[C@@H]3c3ccc(COCCOC)cc3)cc21. The number of benzene rings is 2. The van der Waals surface area contributed by atoms with Crippen LogP contribution < -0.4 is 15.0 Å². The number of aliphatic hydroxyl groups excluding tert-OH is 1. The molecule has 244 valence electrons. The largest absolute Gasteiger partial charge is 0.490 e. The summed E-state index contributed by atoms with van der Waals surface area (Å²) in [4.78, 5) is 17.2. The maximum atomic E-state index is 10.5. The van der Waals surface area contributed by atoms with Gasteiger partial charge in [0.05, 0.1) is 57.5 Å². The van der Waals surface area contributed by atoms with E-state index in [0.29, 0.717) is 52.7 Å². The second-order valence-electron chi connectivity index (χ2n) is 10.8. The predicted molar refractivity (Wildman–Crippen MR) is 161 cm³/mol. The molecule has 1 saturated heterocycles. The summed E-state index contributed by atoms with van der Waals surface area (Å²) in [6, 6.07) is 14.3. The zero-order chi connectivity index (χ0) is 31.1. The summed E-state index contributed by atoms with van der Waals surface area (Å²) >= 11 is 0. The summed E-state index contributed by atoms with van der Waals surface area (Å²) in [6.45, 7) is 5.54. The van der Waals surface area contributed by atoms with Crippen molar-refractivity contribution >= 4 is 5.69 Å². The first-order valence-corrected chi connectivity index (χ1v) is 15.0. The van der Waals surface area contributed by atoms with Gasteiger partial charge in [0.1, 0.15) is 25.1 Å². The smallest absolute Gasteiger partial charge is 0.294 e. The van der Waals surface area contributed by atoms with E-state index in [2.05, 4.69) is 33.3 Å². The van der Waals surface area contributed by atoms with Gasteiger partial charge in [0.25, 0.3) is 5.09 Å². The molecule has 0 aliphatic carbocycles. The molecule has 0 spiro atoms. The van der Waals surface area contributed by atoms with E-state index in [1.165, 1.54) is 0 Å². The second-order valence-corrected chi connectivity index (χ2v) is 10.8. The maximum Gasteiger partial charge on any atom is 0.294 e. The molecule has 2 aromatic carbocycles. The molecule has 0 unspecified atom stereocenters. The highest BCUT2D eigenvalue weighted by Gasteiger charge is 2.36. The first-order chi connectivity index (χ1) is 21.5. The van der Waals surface area contributed by atoms with Crippen LogP contribution in [0.2, 0.25) is 0 Å². The van der Waals surface area contributed by atoms with Crippen LogP contribution in [0.15, 0.2) is 42.5 Å². The van der Waals surface area contributed by atoms with E-state index >= 15 is 0 Å². The summed E-state index contributed by atoms with van der Waals surface area (Å²) < 4.78 is 34.5. The molecule has 13 heteroatoms. The van der Waals surface area contributed by atoms with Crippen molar-refractivity contribution in [2.24, 2.45) is 0 Å². The average Bonchev–Trinajstić information content (AvgIpc) is 3.04. The maximum absolute atomic E-state index is 10.5. The Kier molecular flexibility index (Phi) is 13.9. The van der Waals surface area contributed by atoms with Crippen molar-refractivity contribution in [1.82, 2.24) is 5.32 Å². The van der Waals surface area contributed by atoms with Crippen LogP contribution >= 0.6 is 0 Å². The van der Waals surface area contributed by atoms with Gasteiger partial charge in [0.2, 0.25) is 0 Å². The fourth-order valence-electron chi connectivity index (χ4n) is 5.46. The van der Waals surface area contributed by atoms with E-state index in [1.54, 1.807) is 14.2 Å². The van der Waals surface area contributed by atoms with E-state index in [9.17, 15) is 15.2 Å². The molecule has 4 rings (SSSR count). The minimum atomic E-state index is -1.14. The Morgan fingerprint density at radius 3 is 2.50 bits per heavy atom.